The van der Waals surface area contributed by atoms with Crippen LogP contribution < -0.4 is 0 Å². The molecule has 12 nitrogen and oxygen atoms in total. The Labute approximate surface area is 539 Å². The van der Waals surface area contributed by atoms with E-state index in [1.54, 1.807) is 133 Å². The Bertz CT molecular complexity index is 4720. The molecule has 0 fully saturated rings. The van der Waals surface area contributed by atoms with Gasteiger partial charge in [-0.1, -0.05) is 170 Å². The van der Waals surface area contributed by atoms with Gasteiger partial charge < -0.3 is 18.9 Å². The zero-order valence-corrected chi connectivity index (χ0v) is 51.4. The van der Waals surface area contributed by atoms with Crippen molar-refractivity contribution < 1.29 is 57.3 Å². The number of carbonyl (C=O) groups is 8. The molecule has 0 atom stereocenters. The molecule has 12 aromatic rings. The minimum atomic E-state index is -2.41. The average Bonchev–Trinajstić information content (AvgIpc) is 1.49. The van der Waals surface area contributed by atoms with Gasteiger partial charge in [0.1, 0.15) is 26.4 Å². The van der Waals surface area contributed by atoms with Crippen LogP contribution in [0.4, 0.5) is 0 Å². The van der Waals surface area contributed by atoms with E-state index >= 15 is 19.2 Å². The molecule has 0 amide bonds. The van der Waals surface area contributed by atoms with Crippen LogP contribution >= 0.6 is 45.3 Å². The molecule has 4 aliphatic rings. The molecule has 0 radical (unpaired) electrons. The van der Waals surface area contributed by atoms with Gasteiger partial charge in [0, 0.05) is 54.3 Å². The molecule has 444 valence electrons. The Hall–Kier alpha value is -10.6. The number of rotatable bonds is 14. The van der Waals surface area contributed by atoms with Crippen LogP contribution in [0.5, 0.6) is 0 Å². The lowest BCUT2D eigenvalue weighted by Crippen LogP contribution is -2.46. The number of fused-ring (bicyclic) bond motifs is 13. The largest absolute Gasteiger partial charge is 0.459 e. The lowest BCUT2D eigenvalue weighted by Gasteiger charge is -2.27. The van der Waals surface area contributed by atoms with Crippen molar-refractivity contribution in [2.24, 2.45) is 0 Å². The number of carbonyl (C=O) groups excluding carboxylic acids is 8. The third kappa shape index (κ3) is 8.80. The number of allylic oxidation sites excluding steroid dienone is 2. The first-order valence-electron chi connectivity index (χ1n) is 29.3. The first-order valence-corrected chi connectivity index (χ1v) is 32.6. The first kappa shape index (κ1) is 56.6. The summed E-state index contributed by atoms with van der Waals surface area (Å²) in [5, 5.41) is 3.15. The normalized spacial score (nSPS) is 14.4. The molecule has 0 spiro atoms. The fraction of sp³-hybridized carbons (Fsp3) is 0.0789. The predicted octanol–water partition coefficient (Wildman–Crippen LogP) is 15.8. The van der Waals surface area contributed by atoms with Crippen LogP contribution in [-0.4, -0.2) is 47.0 Å². The molecule has 4 aliphatic carbocycles. The summed E-state index contributed by atoms with van der Waals surface area (Å²) in [6.45, 7) is -1.02. The Morgan fingerprint density at radius 2 is 0.587 bits per heavy atom. The smallest absolute Gasteiger partial charge is 0.333 e. The van der Waals surface area contributed by atoms with Crippen molar-refractivity contribution in [3.05, 3.63) is 294 Å². The first-order chi connectivity index (χ1) is 44.9. The fourth-order valence-electron chi connectivity index (χ4n) is 13.0. The van der Waals surface area contributed by atoms with Crippen molar-refractivity contribution in [2.75, 3.05) is 0 Å². The quantitative estimate of drug-likeness (QED) is 0.0332. The van der Waals surface area contributed by atoms with E-state index in [9.17, 15) is 19.2 Å². The van der Waals surface area contributed by atoms with Gasteiger partial charge in [0.2, 0.25) is 10.8 Å². The molecule has 16 heteroatoms. The van der Waals surface area contributed by atoms with Crippen molar-refractivity contribution in [1.82, 2.24) is 0 Å². The van der Waals surface area contributed by atoms with Gasteiger partial charge in [-0.2, -0.15) is 0 Å². The second-order valence-corrected chi connectivity index (χ2v) is 26.9. The van der Waals surface area contributed by atoms with E-state index in [0.29, 0.717) is 60.9 Å². The third-order valence-electron chi connectivity index (χ3n) is 17.4. The van der Waals surface area contributed by atoms with Crippen molar-refractivity contribution in [2.45, 2.75) is 37.3 Å². The summed E-state index contributed by atoms with van der Waals surface area (Å²) in [4.78, 5) is 124. The standard InChI is InChI=1S/C76H44O12S4/c77-61-51-29-45-25-13-14-26-46(45)30-52(51)62(78)55(61)33-49-35-57-65(89-49)67-59(75(57,71(81)85-37-41-17-5-1-6-18-41)72(82)86-38-42-19-7-2-8-20-42)69-70(91-67)60-68(92-69)66-58(36-50(90-66)34-56-63(79)53-31-47-27-15-16-28-48(47)32-54(53)64(56)80)76(60,73(83)87-39-43-21-9-3-10-22-43)74(84)88-40-44-23-11-4-12-24-44/h1-36H,37-40H2. The van der Waals surface area contributed by atoms with Gasteiger partial charge >= 0.3 is 23.9 Å². The Morgan fingerprint density at radius 1 is 0.326 bits per heavy atom. The van der Waals surface area contributed by atoms with Crippen molar-refractivity contribution >= 4 is 135 Å². The van der Waals surface area contributed by atoms with Crippen LogP contribution in [-0.2, 0) is 75.4 Å². The minimum Gasteiger partial charge on any atom is -0.459 e. The monoisotopic (exact) mass is 1280 g/mol. The van der Waals surface area contributed by atoms with E-state index in [2.05, 4.69) is 0 Å². The molecule has 0 saturated heterocycles. The Kier molecular flexibility index (Phi) is 13.6. The number of Topliss-reactive ketones (excluding diaryl/α,β-unsaturated/α-hetero) is 4. The second kappa shape index (κ2) is 22.1. The highest BCUT2D eigenvalue weighted by Gasteiger charge is 2.65. The van der Waals surface area contributed by atoms with Crippen LogP contribution in [0.3, 0.4) is 0 Å². The molecule has 8 aromatic carbocycles. The van der Waals surface area contributed by atoms with E-state index in [1.807, 2.05) is 72.8 Å². The van der Waals surface area contributed by atoms with Gasteiger partial charge in [-0.15, -0.1) is 45.3 Å². The molecule has 92 heavy (non-hydrogen) atoms. The highest BCUT2D eigenvalue weighted by Crippen LogP contribution is 2.67. The molecule has 0 bridgehead atoms. The Balaban J connectivity index is 0.920. The molecule has 0 N–H and O–H groups in total. The lowest BCUT2D eigenvalue weighted by atomic mass is 9.77. The van der Waals surface area contributed by atoms with Crippen LogP contribution in [0, 0.1) is 0 Å². The molecule has 16 rings (SSSR count). The maximum Gasteiger partial charge on any atom is 0.333 e. The molecular weight excluding hydrogens is 1230 g/mol. The molecule has 4 heterocycles. The lowest BCUT2D eigenvalue weighted by molar-refractivity contribution is -0.166. The molecule has 0 saturated carbocycles. The summed E-state index contributed by atoms with van der Waals surface area (Å²) < 4.78 is 26.1. The van der Waals surface area contributed by atoms with Gasteiger partial charge in [0.05, 0.1) is 40.1 Å². The highest BCUT2D eigenvalue weighted by atomic mass is 32.1. The maximum atomic E-state index is 16.1. The van der Waals surface area contributed by atoms with Gasteiger partial charge in [0.25, 0.3) is 0 Å². The van der Waals surface area contributed by atoms with Crippen molar-refractivity contribution in [3.8, 4) is 19.5 Å². The zero-order chi connectivity index (χ0) is 62.6. The summed E-state index contributed by atoms with van der Waals surface area (Å²) in [5.74, 6) is -5.86. The molecule has 4 aromatic heterocycles. The van der Waals surface area contributed by atoms with Crippen molar-refractivity contribution in [3.63, 3.8) is 0 Å². The summed E-state index contributed by atoms with van der Waals surface area (Å²) in [5.41, 5.74) is -0.739. The fourth-order valence-corrected chi connectivity index (χ4v) is 18.7. The van der Waals surface area contributed by atoms with Crippen LogP contribution in [0.1, 0.15) is 95.7 Å². The topological polar surface area (TPSA) is 173 Å². The minimum absolute atomic E-state index is 0.0990. The van der Waals surface area contributed by atoms with Crippen LogP contribution in [0.15, 0.2) is 217 Å². The van der Waals surface area contributed by atoms with E-state index in [4.69, 9.17) is 18.9 Å². The van der Waals surface area contributed by atoms with Gasteiger partial charge in [-0.3, -0.25) is 38.4 Å². The average molecular weight is 1280 g/mol. The molecule has 0 unspecified atom stereocenters. The van der Waals surface area contributed by atoms with Crippen molar-refractivity contribution in [1.29, 1.82) is 0 Å². The van der Waals surface area contributed by atoms with Gasteiger partial charge in [0.15, 0.2) is 23.1 Å². The number of thiophene rings is 4. The van der Waals surface area contributed by atoms with Gasteiger partial charge in [-0.25, -0.2) is 0 Å². The third-order valence-corrected chi connectivity index (χ3v) is 22.4. The summed E-state index contributed by atoms with van der Waals surface area (Å²) >= 11 is 4.63. The van der Waals surface area contributed by atoms with E-state index < -0.39 is 57.8 Å². The Morgan fingerprint density at radius 3 is 0.859 bits per heavy atom. The van der Waals surface area contributed by atoms with E-state index in [-0.39, 0.29) is 82.1 Å². The number of hydrogen-bond acceptors (Lipinski definition) is 16. The zero-order valence-electron chi connectivity index (χ0n) is 48.1. The number of hydrogen-bond donors (Lipinski definition) is 0. The second-order valence-electron chi connectivity index (χ2n) is 22.7. The van der Waals surface area contributed by atoms with Crippen LogP contribution in [0.2, 0.25) is 0 Å². The van der Waals surface area contributed by atoms with Crippen LogP contribution in [0.25, 0.3) is 62.6 Å². The number of benzene rings is 8. The summed E-state index contributed by atoms with van der Waals surface area (Å²) in [6, 6.07) is 61.0. The number of esters is 4. The molecular formula is C76H44O12S4. The maximum absolute atomic E-state index is 16.1. The highest BCUT2D eigenvalue weighted by molar-refractivity contribution is 7.34. The summed E-state index contributed by atoms with van der Waals surface area (Å²) in [6.07, 6.45) is 2.99. The molecule has 0 aliphatic heterocycles. The number of ether oxygens (including phenoxy) is 4. The number of ketones is 4. The van der Waals surface area contributed by atoms with E-state index in [1.165, 1.54) is 12.2 Å². The predicted molar refractivity (Wildman–Crippen MR) is 354 cm³/mol. The summed E-state index contributed by atoms with van der Waals surface area (Å²) in [7, 11) is 0. The van der Waals surface area contributed by atoms with E-state index in [0.717, 1.165) is 66.9 Å². The van der Waals surface area contributed by atoms with Gasteiger partial charge in [-0.05, 0) is 92.3 Å². The SMILES string of the molecule is O=C1C(=Cc2cc3c(s2)-c2sc4c5c(sc4c2C3(C(=O)OCc2ccccc2)C(=O)OCc2ccccc2)-c2sc(C=C3C(=O)c4cc6ccccc6cc4C3=O)cc2C5(C(=O)OCc2ccccc2)C(=O)OCc2ccccc2)C(=O)c2cc3ccccc3cc21.